The summed E-state index contributed by atoms with van der Waals surface area (Å²) in [4.78, 5) is 8.88. The molecule has 0 amide bonds. The van der Waals surface area contributed by atoms with Gasteiger partial charge in [-0.25, -0.2) is 9.97 Å². The monoisotopic (exact) mass is 486 g/mol. The van der Waals surface area contributed by atoms with E-state index in [0.717, 1.165) is 53.2 Å². The molecule has 0 atom stereocenters. The normalized spacial score (nSPS) is 14.4. The fourth-order valence-corrected chi connectivity index (χ4v) is 5.09. The Morgan fingerprint density at radius 3 is 2.53 bits per heavy atom. The number of imidazole rings is 1. The van der Waals surface area contributed by atoms with Crippen LogP contribution < -0.4 is 0 Å². The average molecular weight is 487 g/mol. The van der Waals surface area contributed by atoms with Crippen molar-refractivity contribution >= 4 is 16.7 Å². The molecule has 4 nitrogen and oxygen atoms in total. The van der Waals surface area contributed by atoms with Crippen LogP contribution in [-0.4, -0.2) is 14.5 Å². The Morgan fingerprint density at radius 2 is 1.78 bits per heavy atom. The number of hydrogen-bond acceptors (Lipinski definition) is 3. The van der Waals surface area contributed by atoms with Crippen LogP contribution in [0.3, 0.4) is 0 Å². The second-order valence-corrected chi connectivity index (χ2v) is 9.18. The maximum Gasteiger partial charge on any atom is 0.418 e. The van der Waals surface area contributed by atoms with Crippen LogP contribution in [0.5, 0.6) is 0 Å². The number of rotatable bonds is 4. The maximum absolute atomic E-state index is 13.8. The van der Waals surface area contributed by atoms with Gasteiger partial charge in [0.05, 0.1) is 18.2 Å². The molecule has 2 aromatic carbocycles. The van der Waals surface area contributed by atoms with Gasteiger partial charge in [-0.3, -0.25) is 0 Å². The molecule has 0 bridgehead atoms. The molecule has 0 saturated carbocycles. The van der Waals surface area contributed by atoms with Gasteiger partial charge in [0.1, 0.15) is 11.3 Å². The van der Waals surface area contributed by atoms with E-state index in [0.29, 0.717) is 24.5 Å². The van der Waals surface area contributed by atoms with Crippen molar-refractivity contribution in [2.45, 2.75) is 52.3 Å². The lowest BCUT2D eigenvalue weighted by molar-refractivity contribution is -0.136. The summed E-state index contributed by atoms with van der Waals surface area (Å²) >= 11 is 0. The van der Waals surface area contributed by atoms with Crippen LogP contribution in [-0.2, 0) is 32.0 Å². The highest BCUT2D eigenvalue weighted by atomic mass is 19.4. The smallest absolute Gasteiger partial charge is 0.308 e. The van der Waals surface area contributed by atoms with E-state index in [2.05, 4.69) is 28.2 Å². The Bertz CT molecular complexity index is 1540. The highest BCUT2D eigenvalue weighted by Gasteiger charge is 2.35. The molecule has 182 valence electrons. The SMILES string of the molecule is CCCc1nc2c(C(F)(F)F)cc(C)nc2n1Cc1ccc2c(c1)CCc1ccccc1/C2=C\C#N. The van der Waals surface area contributed by atoms with Crippen molar-refractivity contribution in [3.8, 4) is 6.07 Å². The van der Waals surface area contributed by atoms with Crippen LogP contribution in [0.15, 0.2) is 54.6 Å². The summed E-state index contributed by atoms with van der Waals surface area (Å²) in [5.74, 6) is 0.600. The Balaban J connectivity index is 1.61. The van der Waals surface area contributed by atoms with Crippen LogP contribution >= 0.6 is 0 Å². The molecule has 5 rings (SSSR count). The number of fused-ring (bicyclic) bond motifs is 3. The topological polar surface area (TPSA) is 54.5 Å². The van der Waals surface area contributed by atoms with Crippen LogP contribution in [0.2, 0.25) is 0 Å². The molecule has 0 N–H and O–H groups in total. The number of aromatic nitrogens is 3. The zero-order valence-electron chi connectivity index (χ0n) is 20.2. The summed E-state index contributed by atoms with van der Waals surface area (Å²) in [6.45, 7) is 3.93. The standard InChI is InChI=1S/C29H25F3N4/c1-3-6-26-35-27-25(29(30,31)32)15-18(2)34-28(27)36(26)17-19-9-12-23-21(16-19)11-10-20-7-4-5-8-22(20)24(23)13-14-33/h4-5,7-9,12-13,15-16H,3,6,10-11,17H2,1-2H3/b24-13+. The van der Waals surface area contributed by atoms with Crippen molar-refractivity contribution in [3.05, 3.63) is 99.5 Å². The number of nitriles is 1. The van der Waals surface area contributed by atoms with Crippen LogP contribution in [0, 0.1) is 18.3 Å². The Hall–Kier alpha value is -3.92. The molecule has 36 heavy (non-hydrogen) atoms. The molecular formula is C29H25F3N4. The second kappa shape index (κ2) is 9.27. The van der Waals surface area contributed by atoms with Crippen LogP contribution in [0.25, 0.3) is 16.7 Å². The van der Waals surface area contributed by atoms with Crippen LogP contribution in [0.1, 0.15) is 58.2 Å². The average Bonchev–Trinajstić information content (AvgIpc) is 3.08. The van der Waals surface area contributed by atoms with Gasteiger partial charge in [-0.05, 0) is 65.6 Å². The summed E-state index contributed by atoms with van der Waals surface area (Å²) in [6, 6.07) is 17.5. The van der Waals surface area contributed by atoms with Crippen molar-refractivity contribution in [1.29, 1.82) is 5.26 Å². The van der Waals surface area contributed by atoms with Gasteiger partial charge >= 0.3 is 6.18 Å². The number of hydrogen-bond donors (Lipinski definition) is 0. The molecule has 0 fully saturated rings. The van der Waals surface area contributed by atoms with Crippen LogP contribution in [0.4, 0.5) is 13.2 Å². The minimum atomic E-state index is -4.50. The molecule has 0 saturated heterocycles. The maximum atomic E-state index is 13.8. The molecule has 0 unspecified atom stereocenters. The number of aryl methyl sites for hydroxylation is 4. The molecular weight excluding hydrogens is 461 g/mol. The van der Waals surface area contributed by atoms with E-state index in [1.807, 2.05) is 41.8 Å². The first-order chi connectivity index (χ1) is 17.3. The minimum absolute atomic E-state index is 0.0963. The Kier molecular flexibility index (Phi) is 6.13. The molecule has 1 aliphatic carbocycles. The third-order valence-corrected chi connectivity index (χ3v) is 6.67. The van der Waals surface area contributed by atoms with Gasteiger partial charge in [-0.1, -0.05) is 49.4 Å². The van der Waals surface area contributed by atoms with Crippen molar-refractivity contribution in [1.82, 2.24) is 14.5 Å². The molecule has 4 aromatic rings. The molecule has 7 heteroatoms. The molecule has 0 radical (unpaired) electrons. The Morgan fingerprint density at radius 1 is 1.03 bits per heavy atom. The van der Waals surface area contributed by atoms with E-state index >= 15 is 0 Å². The molecule has 2 heterocycles. The quantitative estimate of drug-likeness (QED) is 0.298. The van der Waals surface area contributed by atoms with Gasteiger partial charge in [0, 0.05) is 18.2 Å². The van der Waals surface area contributed by atoms with E-state index in [1.165, 1.54) is 5.56 Å². The number of allylic oxidation sites excluding steroid dienone is 1. The molecule has 0 aliphatic heterocycles. The summed E-state index contributed by atoms with van der Waals surface area (Å²) in [5, 5.41) is 9.45. The van der Waals surface area contributed by atoms with Crippen molar-refractivity contribution in [2.24, 2.45) is 0 Å². The zero-order valence-corrected chi connectivity index (χ0v) is 20.2. The molecule has 2 aromatic heterocycles. The number of benzene rings is 2. The zero-order chi connectivity index (χ0) is 25.4. The first-order valence-electron chi connectivity index (χ1n) is 12.0. The Labute approximate surface area is 207 Å². The van der Waals surface area contributed by atoms with Gasteiger partial charge in [-0.15, -0.1) is 0 Å². The van der Waals surface area contributed by atoms with E-state index in [1.54, 1.807) is 13.0 Å². The van der Waals surface area contributed by atoms with E-state index in [-0.39, 0.29) is 11.2 Å². The van der Waals surface area contributed by atoms with E-state index in [4.69, 9.17) is 0 Å². The third kappa shape index (κ3) is 4.28. The number of alkyl halides is 3. The van der Waals surface area contributed by atoms with E-state index in [9.17, 15) is 18.4 Å². The predicted molar refractivity (Wildman–Crippen MR) is 133 cm³/mol. The molecule has 0 spiro atoms. The lowest BCUT2D eigenvalue weighted by Crippen LogP contribution is -2.09. The largest absolute Gasteiger partial charge is 0.418 e. The van der Waals surface area contributed by atoms with Gasteiger partial charge < -0.3 is 4.57 Å². The summed E-state index contributed by atoms with van der Waals surface area (Å²) in [7, 11) is 0. The van der Waals surface area contributed by atoms with Gasteiger partial charge in [0.25, 0.3) is 0 Å². The lowest BCUT2D eigenvalue weighted by atomic mass is 9.93. The first-order valence-corrected chi connectivity index (χ1v) is 12.0. The summed E-state index contributed by atoms with van der Waals surface area (Å²) in [6.07, 6.45) is 0.0650. The number of nitrogens with zero attached hydrogens (tertiary/aromatic N) is 4. The van der Waals surface area contributed by atoms with Crippen molar-refractivity contribution in [3.63, 3.8) is 0 Å². The molecule has 1 aliphatic rings. The summed E-state index contributed by atoms with van der Waals surface area (Å²) < 4.78 is 43.2. The number of pyridine rings is 1. The van der Waals surface area contributed by atoms with Crippen molar-refractivity contribution in [2.75, 3.05) is 0 Å². The minimum Gasteiger partial charge on any atom is -0.308 e. The fraction of sp³-hybridized carbons (Fsp3) is 0.276. The highest BCUT2D eigenvalue weighted by Crippen LogP contribution is 2.36. The lowest BCUT2D eigenvalue weighted by Gasteiger charge is -2.14. The number of halogens is 3. The van der Waals surface area contributed by atoms with E-state index < -0.39 is 11.7 Å². The fourth-order valence-electron chi connectivity index (χ4n) is 5.09. The summed E-state index contributed by atoms with van der Waals surface area (Å²) in [5.41, 5.74) is 5.99. The first kappa shape index (κ1) is 23.8. The van der Waals surface area contributed by atoms with Crippen molar-refractivity contribution < 1.29 is 13.2 Å². The second-order valence-electron chi connectivity index (χ2n) is 9.18. The third-order valence-electron chi connectivity index (χ3n) is 6.67. The highest BCUT2D eigenvalue weighted by molar-refractivity contribution is 5.85. The van der Waals surface area contributed by atoms with Gasteiger partial charge in [0.2, 0.25) is 0 Å². The van der Waals surface area contributed by atoms with Gasteiger partial charge in [-0.2, -0.15) is 18.4 Å². The van der Waals surface area contributed by atoms with Gasteiger partial charge in [0.15, 0.2) is 5.65 Å². The predicted octanol–water partition coefficient (Wildman–Crippen LogP) is 6.81.